The Labute approximate surface area is 55.7 Å². The lowest BCUT2D eigenvalue weighted by atomic mass is 10.3. The Morgan fingerprint density at radius 1 is 1.67 bits per heavy atom. The molecular weight excluding hydrogens is 116 g/mol. The molecule has 3 heteroatoms. The maximum atomic E-state index is 5.15. The molecule has 54 valence electrons. The average Bonchev–Trinajstić information content (AvgIpc) is 2.34. The average molecular weight is 130 g/mol. The summed E-state index contributed by atoms with van der Waals surface area (Å²) >= 11 is 0. The van der Waals surface area contributed by atoms with Gasteiger partial charge in [0.1, 0.15) is 0 Å². The topological polar surface area (TPSA) is 33.3 Å². The molecule has 1 saturated heterocycles. The third kappa shape index (κ3) is 2.30. The van der Waals surface area contributed by atoms with Crippen LogP contribution in [0.4, 0.5) is 0 Å². The number of hydrazine groups is 1. The molecule has 1 heterocycles. The lowest BCUT2D eigenvalue weighted by Crippen LogP contribution is -2.40. The summed E-state index contributed by atoms with van der Waals surface area (Å²) in [6.07, 6.45) is 1.13. The molecule has 0 aliphatic carbocycles. The highest BCUT2D eigenvalue weighted by molar-refractivity contribution is 4.67. The van der Waals surface area contributed by atoms with Crippen LogP contribution >= 0.6 is 0 Å². The van der Waals surface area contributed by atoms with Crippen molar-refractivity contribution in [3.63, 3.8) is 0 Å². The fourth-order valence-electron chi connectivity index (χ4n) is 0.895. The first-order valence-corrected chi connectivity index (χ1v) is 3.49. The van der Waals surface area contributed by atoms with Gasteiger partial charge in [-0.25, -0.2) is 0 Å². The smallest absolute Gasteiger partial charge is 0.0634 e. The number of nitrogens with one attached hydrogen (secondary N) is 2. The van der Waals surface area contributed by atoms with E-state index in [9.17, 15) is 0 Å². The van der Waals surface area contributed by atoms with Gasteiger partial charge in [-0.15, -0.1) is 0 Å². The van der Waals surface area contributed by atoms with Gasteiger partial charge in [-0.05, 0) is 6.42 Å². The predicted molar refractivity (Wildman–Crippen MR) is 36.0 cm³/mol. The summed E-state index contributed by atoms with van der Waals surface area (Å²) < 4.78 is 5.15. The molecule has 0 aromatic carbocycles. The summed E-state index contributed by atoms with van der Waals surface area (Å²) in [6.45, 7) is 4.80. The van der Waals surface area contributed by atoms with Crippen LogP contribution in [0.15, 0.2) is 0 Å². The summed E-state index contributed by atoms with van der Waals surface area (Å²) in [5, 5.41) is 0. The van der Waals surface area contributed by atoms with Gasteiger partial charge in [0.2, 0.25) is 0 Å². The van der Waals surface area contributed by atoms with Gasteiger partial charge in [-0.1, -0.05) is 6.92 Å². The third-order valence-corrected chi connectivity index (χ3v) is 1.41. The molecule has 9 heavy (non-hydrogen) atoms. The zero-order valence-electron chi connectivity index (χ0n) is 5.81. The zero-order valence-corrected chi connectivity index (χ0v) is 5.81. The molecule has 0 amide bonds. The molecule has 0 aromatic rings. The zero-order chi connectivity index (χ0) is 6.53. The summed E-state index contributed by atoms with van der Waals surface area (Å²) in [4.78, 5) is 0. The van der Waals surface area contributed by atoms with E-state index in [1.165, 1.54) is 0 Å². The predicted octanol–water partition coefficient (Wildman–Crippen LogP) is -0.111. The van der Waals surface area contributed by atoms with E-state index in [0.29, 0.717) is 6.04 Å². The molecule has 0 spiro atoms. The van der Waals surface area contributed by atoms with Crippen molar-refractivity contribution >= 4 is 0 Å². The maximum Gasteiger partial charge on any atom is 0.0634 e. The van der Waals surface area contributed by atoms with Crippen LogP contribution in [-0.2, 0) is 4.74 Å². The van der Waals surface area contributed by atoms with Crippen molar-refractivity contribution in [3.05, 3.63) is 0 Å². The third-order valence-electron chi connectivity index (χ3n) is 1.41. The lowest BCUT2D eigenvalue weighted by molar-refractivity contribution is 0.187. The van der Waals surface area contributed by atoms with Crippen molar-refractivity contribution in [2.24, 2.45) is 0 Å². The van der Waals surface area contributed by atoms with Crippen molar-refractivity contribution in [3.8, 4) is 0 Å². The van der Waals surface area contributed by atoms with Crippen LogP contribution in [0.2, 0.25) is 0 Å². The highest BCUT2D eigenvalue weighted by Gasteiger charge is 2.13. The first-order valence-electron chi connectivity index (χ1n) is 3.49. The minimum absolute atomic E-state index is 0.532. The van der Waals surface area contributed by atoms with Gasteiger partial charge >= 0.3 is 0 Å². The Kier molecular flexibility index (Phi) is 2.97. The largest absolute Gasteiger partial charge is 0.380 e. The van der Waals surface area contributed by atoms with Gasteiger partial charge in [-0.3, -0.25) is 10.9 Å². The number of hydrogen-bond acceptors (Lipinski definition) is 3. The molecular formula is C6H14N2O. The first kappa shape index (κ1) is 6.99. The molecule has 1 rings (SSSR count). The second-order valence-electron chi connectivity index (χ2n) is 2.24. The summed E-state index contributed by atoms with van der Waals surface area (Å²) in [6, 6.07) is 0.532. The normalized spacial score (nSPS) is 27.0. The molecule has 2 N–H and O–H groups in total. The molecule has 1 atom stereocenters. The second-order valence-corrected chi connectivity index (χ2v) is 2.24. The standard InChI is InChI=1S/C6H14N2O/c1-2-7-8-6-3-4-9-5-6/h6-8H,2-5H2,1H3. The Bertz CT molecular complexity index is 71.5. The molecule has 0 bridgehead atoms. The quantitative estimate of drug-likeness (QED) is 0.523. The second kappa shape index (κ2) is 3.82. The first-order chi connectivity index (χ1) is 4.43. The van der Waals surface area contributed by atoms with Crippen LogP contribution < -0.4 is 10.9 Å². The fourth-order valence-corrected chi connectivity index (χ4v) is 0.895. The molecule has 0 radical (unpaired) electrons. The Hall–Kier alpha value is -0.120. The van der Waals surface area contributed by atoms with Crippen molar-refractivity contribution in [1.82, 2.24) is 10.9 Å². The minimum Gasteiger partial charge on any atom is -0.380 e. The number of rotatable bonds is 3. The highest BCUT2D eigenvalue weighted by Crippen LogP contribution is 2.00. The SMILES string of the molecule is CCNNC1CCOC1. The monoisotopic (exact) mass is 130 g/mol. The van der Waals surface area contributed by atoms with Crippen LogP contribution in [0.25, 0.3) is 0 Å². The van der Waals surface area contributed by atoms with E-state index in [-0.39, 0.29) is 0 Å². The van der Waals surface area contributed by atoms with E-state index in [2.05, 4.69) is 17.8 Å². The molecule has 1 fully saturated rings. The van der Waals surface area contributed by atoms with Crippen LogP contribution in [-0.4, -0.2) is 25.8 Å². The van der Waals surface area contributed by atoms with Gasteiger partial charge in [0.15, 0.2) is 0 Å². The van der Waals surface area contributed by atoms with E-state index in [0.717, 1.165) is 26.2 Å². The molecule has 1 aliphatic heterocycles. The van der Waals surface area contributed by atoms with Crippen LogP contribution in [0.5, 0.6) is 0 Å². The molecule has 0 aromatic heterocycles. The van der Waals surface area contributed by atoms with Gasteiger partial charge in [0.05, 0.1) is 6.61 Å². The van der Waals surface area contributed by atoms with E-state index >= 15 is 0 Å². The van der Waals surface area contributed by atoms with Crippen molar-refractivity contribution in [1.29, 1.82) is 0 Å². The maximum absolute atomic E-state index is 5.15. The highest BCUT2D eigenvalue weighted by atomic mass is 16.5. The molecule has 1 unspecified atom stereocenters. The van der Waals surface area contributed by atoms with E-state index in [4.69, 9.17) is 4.74 Å². The summed E-state index contributed by atoms with van der Waals surface area (Å²) in [5.74, 6) is 0. The van der Waals surface area contributed by atoms with Gasteiger partial charge in [0.25, 0.3) is 0 Å². The van der Waals surface area contributed by atoms with E-state index in [1.54, 1.807) is 0 Å². The van der Waals surface area contributed by atoms with Crippen LogP contribution in [0.1, 0.15) is 13.3 Å². The fraction of sp³-hybridized carbons (Fsp3) is 1.00. The molecule has 0 saturated carbocycles. The molecule has 3 nitrogen and oxygen atoms in total. The van der Waals surface area contributed by atoms with Crippen molar-refractivity contribution in [2.45, 2.75) is 19.4 Å². The Morgan fingerprint density at radius 2 is 2.56 bits per heavy atom. The lowest BCUT2D eigenvalue weighted by Gasteiger charge is -2.08. The van der Waals surface area contributed by atoms with Crippen LogP contribution in [0, 0.1) is 0 Å². The van der Waals surface area contributed by atoms with E-state index in [1.807, 2.05) is 0 Å². The van der Waals surface area contributed by atoms with Gasteiger partial charge < -0.3 is 4.74 Å². The van der Waals surface area contributed by atoms with Crippen molar-refractivity contribution < 1.29 is 4.74 Å². The summed E-state index contributed by atoms with van der Waals surface area (Å²) in [7, 11) is 0. The van der Waals surface area contributed by atoms with E-state index < -0.39 is 0 Å². The van der Waals surface area contributed by atoms with Gasteiger partial charge in [0, 0.05) is 19.2 Å². The Balaban J connectivity index is 1.98. The molecule has 1 aliphatic rings. The summed E-state index contributed by atoms with van der Waals surface area (Å²) in [5.41, 5.74) is 6.22. The number of hydrogen-bond donors (Lipinski definition) is 2. The van der Waals surface area contributed by atoms with Crippen molar-refractivity contribution in [2.75, 3.05) is 19.8 Å². The van der Waals surface area contributed by atoms with Crippen LogP contribution in [0.3, 0.4) is 0 Å². The van der Waals surface area contributed by atoms with Gasteiger partial charge in [-0.2, -0.15) is 0 Å². The minimum atomic E-state index is 0.532. The number of ether oxygens (including phenoxy) is 1. The Morgan fingerprint density at radius 3 is 3.11 bits per heavy atom.